The lowest BCUT2D eigenvalue weighted by atomic mass is 10.1. The fraction of sp³-hybridized carbons (Fsp3) is 0.400. The Labute approximate surface area is 126 Å². The minimum absolute atomic E-state index is 0.137. The van der Waals surface area contributed by atoms with Crippen LogP contribution in [0.4, 0.5) is 0 Å². The van der Waals surface area contributed by atoms with Crippen molar-refractivity contribution in [2.24, 2.45) is 0 Å². The maximum Gasteiger partial charge on any atom is 0.212 e. The number of fused-ring (bicyclic) bond motifs is 1. The summed E-state index contributed by atoms with van der Waals surface area (Å²) in [4.78, 5) is 15.5. The van der Waals surface area contributed by atoms with Crippen molar-refractivity contribution in [1.29, 1.82) is 0 Å². The van der Waals surface area contributed by atoms with E-state index in [2.05, 4.69) is 6.07 Å². The summed E-state index contributed by atoms with van der Waals surface area (Å²) in [7, 11) is 0. The molecule has 0 bridgehead atoms. The molecule has 1 aliphatic carbocycles. The van der Waals surface area contributed by atoms with Crippen LogP contribution < -0.4 is 0 Å². The van der Waals surface area contributed by atoms with Crippen molar-refractivity contribution in [1.82, 2.24) is 0 Å². The number of thiophene rings is 2. The normalized spacial score (nSPS) is 15.1. The van der Waals surface area contributed by atoms with E-state index in [0.29, 0.717) is 0 Å². The quantitative estimate of drug-likeness (QED) is 0.545. The van der Waals surface area contributed by atoms with E-state index in [0.717, 1.165) is 32.5 Å². The Morgan fingerprint density at radius 2 is 1.84 bits per heavy atom. The highest BCUT2D eigenvalue weighted by molar-refractivity contribution is 7.20. The minimum atomic E-state index is 0.137. The summed E-state index contributed by atoms with van der Waals surface area (Å²) in [6.45, 7) is 1.94. The van der Waals surface area contributed by atoms with Crippen LogP contribution in [0.5, 0.6) is 0 Å². The summed E-state index contributed by atoms with van der Waals surface area (Å²) in [6, 6.07) is 4.01. The van der Waals surface area contributed by atoms with Gasteiger partial charge in [0.15, 0.2) is 0 Å². The van der Waals surface area contributed by atoms with Crippen LogP contribution in [0.15, 0.2) is 12.1 Å². The Balaban J connectivity index is 1.92. The van der Waals surface area contributed by atoms with Gasteiger partial charge in [-0.3, -0.25) is 4.79 Å². The first-order valence-corrected chi connectivity index (χ1v) is 8.58. The van der Waals surface area contributed by atoms with E-state index in [1.165, 1.54) is 41.0 Å². The van der Waals surface area contributed by atoms with Crippen LogP contribution >= 0.6 is 34.3 Å². The van der Waals surface area contributed by atoms with E-state index in [-0.39, 0.29) is 5.78 Å². The van der Waals surface area contributed by atoms with Crippen LogP contribution in [-0.4, -0.2) is 5.78 Å². The van der Waals surface area contributed by atoms with Gasteiger partial charge < -0.3 is 0 Å². The maximum atomic E-state index is 12.5. The Hall–Kier alpha value is -0.640. The molecule has 0 aromatic carbocycles. The number of aryl methyl sites for hydroxylation is 3. The summed E-state index contributed by atoms with van der Waals surface area (Å²) in [6.07, 6.45) is 6.08. The molecule has 0 saturated heterocycles. The molecule has 0 unspecified atom stereocenters. The van der Waals surface area contributed by atoms with Crippen LogP contribution in [-0.2, 0) is 12.8 Å². The highest BCUT2D eigenvalue weighted by Gasteiger charge is 2.19. The van der Waals surface area contributed by atoms with Crippen molar-refractivity contribution in [3.05, 3.63) is 42.2 Å². The third-order valence-corrected chi connectivity index (χ3v) is 6.34. The van der Waals surface area contributed by atoms with Gasteiger partial charge in [0.05, 0.1) is 14.1 Å². The van der Waals surface area contributed by atoms with Crippen molar-refractivity contribution in [2.45, 2.75) is 39.0 Å². The van der Waals surface area contributed by atoms with Crippen LogP contribution in [0.2, 0.25) is 4.34 Å². The molecular formula is C15H15ClOS2. The summed E-state index contributed by atoms with van der Waals surface area (Å²) in [5, 5.41) is 0. The van der Waals surface area contributed by atoms with Gasteiger partial charge in [-0.2, -0.15) is 0 Å². The van der Waals surface area contributed by atoms with Gasteiger partial charge in [-0.25, -0.2) is 0 Å². The largest absolute Gasteiger partial charge is 0.287 e. The highest BCUT2D eigenvalue weighted by atomic mass is 35.5. The molecule has 19 heavy (non-hydrogen) atoms. The molecule has 2 aromatic rings. The van der Waals surface area contributed by atoms with Gasteiger partial charge in [-0.05, 0) is 55.9 Å². The molecule has 0 atom stereocenters. The summed E-state index contributed by atoms with van der Waals surface area (Å²) < 4.78 is 0.724. The van der Waals surface area contributed by atoms with E-state index >= 15 is 0 Å². The van der Waals surface area contributed by atoms with Gasteiger partial charge in [0.25, 0.3) is 0 Å². The van der Waals surface area contributed by atoms with Crippen molar-refractivity contribution in [3.8, 4) is 0 Å². The molecule has 0 fully saturated rings. The number of halogens is 1. The van der Waals surface area contributed by atoms with E-state index in [4.69, 9.17) is 11.6 Å². The number of ketones is 1. The monoisotopic (exact) mass is 310 g/mol. The van der Waals surface area contributed by atoms with Crippen LogP contribution in [0, 0.1) is 6.92 Å². The molecule has 2 heterocycles. The Bertz CT molecular complexity index is 581. The standard InChI is InChI=1S/C15H15ClOS2/c1-9-7-12(19-15(9)16)14(17)13-8-10-5-3-2-4-6-11(10)18-13/h7-8H,2-6H2,1H3. The third-order valence-electron chi connectivity index (χ3n) is 3.55. The fourth-order valence-electron chi connectivity index (χ4n) is 2.47. The summed E-state index contributed by atoms with van der Waals surface area (Å²) >= 11 is 9.12. The SMILES string of the molecule is Cc1cc(C(=O)c2cc3c(s2)CCCCC3)sc1Cl. The first-order chi connectivity index (χ1) is 9.15. The smallest absolute Gasteiger partial charge is 0.212 e. The first kappa shape index (κ1) is 13.3. The zero-order valence-electron chi connectivity index (χ0n) is 10.8. The van der Waals surface area contributed by atoms with Crippen LogP contribution in [0.25, 0.3) is 0 Å². The molecule has 1 aliphatic rings. The Morgan fingerprint density at radius 1 is 1.11 bits per heavy atom. The number of hydrogen-bond acceptors (Lipinski definition) is 3. The third kappa shape index (κ3) is 2.64. The van der Waals surface area contributed by atoms with Gasteiger partial charge in [0, 0.05) is 4.88 Å². The highest BCUT2D eigenvalue weighted by Crippen LogP contribution is 2.33. The number of carbonyl (C=O) groups excluding carboxylic acids is 1. The number of carbonyl (C=O) groups is 1. The Kier molecular flexibility index (Phi) is 3.79. The molecule has 0 aliphatic heterocycles. The Morgan fingerprint density at radius 3 is 2.58 bits per heavy atom. The van der Waals surface area contributed by atoms with Gasteiger partial charge in [0.1, 0.15) is 0 Å². The molecule has 0 radical (unpaired) electrons. The van der Waals surface area contributed by atoms with Gasteiger partial charge >= 0.3 is 0 Å². The lowest BCUT2D eigenvalue weighted by Crippen LogP contribution is -1.94. The number of rotatable bonds is 2. The van der Waals surface area contributed by atoms with Crippen molar-refractivity contribution < 1.29 is 4.79 Å². The van der Waals surface area contributed by atoms with E-state index in [1.54, 1.807) is 11.3 Å². The molecule has 2 aromatic heterocycles. The molecule has 0 saturated carbocycles. The van der Waals surface area contributed by atoms with Gasteiger partial charge in [-0.15, -0.1) is 22.7 Å². The molecule has 0 N–H and O–H groups in total. The van der Waals surface area contributed by atoms with Crippen LogP contribution in [0.1, 0.15) is 49.8 Å². The lowest BCUT2D eigenvalue weighted by Gasteiger charge is -1.93. The van der Waals surface area contributed by atoms with E-state index in [1.807, 2.05) is 13.0 Å². The van der Waals surface area contributed by atoms with Crippen molar-refractivity contribution >= 4 is 40.1 Å². The summed E-state index contributed by atoms with van der Waals surface area (Å²) in [5.74, 6) is 0.137. The van der Waals surface area contributed by atoms with E-state index in [9.17, 15) is 4.79 Å². The fourth-order valence-corrected chi connectivity index (χ4v) is 4.90. The molecule has 100 valence electrons. The minimum Gasteiger partial charge on any atom is -0.287 e. The average Bonchev–Trinajstić information content (AvgIpc) is 2.87. The zero-order chi connectivity index (χ0) is 13.4. The molecule has 0 spiro atoms. The first-order valence-electron chi connectivity index (χ1n) is 6.57. The zero-order valence-corrected chi connectivity index (χ0v) is 13.2. The molecule has 3 rings (SSSR count). The topological polar surface area (TPSA) is 17.1 Å². The molecule has 1 nitrogen and oxygen atoms in total. The second kappa shape index (κ2) is 5.39. The summed E-state index contributed by atoms with van der Waals surface area (Å²) in [5.41, 5.74) is 2.39. The number of hydrogen-bond donors (Lipinski definition) is 0. The lowest BCUT2D eigenvalue weighted by molar-refractivity contribution is 0.104. The average molecular weight is 311 g/mol. The van der Waals surface area contributed by atoms with Crippen molar-refractivity contribution in [2.75, 3.05) is 0 Å². The molecular weight excluding hydrogens is 296 g/mol. The van der Waals surface area contributed by atoms with E-state index < -0.39 is 0 Å². The maximum absolute atomic E-state index is 12.5. The second-order valence-electron chi connectivity index (χ2n) is 5.02. The predicted octanol–water partition coefficient (Wildman–Crippen LogP) is 5.27. The molecule has 0 amide bonds. The second-order valence-corrected chi connectivity index (χ2v) is 7.81. The predicted molar refractivity (Wildman–Crippen MR) is 83.1 cm³/mol. The van der Waals surface area contributed by atoms with Gasteiger partial charge in [0.2, 0.25) is 5.78 Å². The van der Waals surface area contributed by atoms with Crippen LogP contribution in [0.3, 0.4) is 0 Å². The molecule has 4 heteroatoms. The van der Waals surface area contributed by atoms with Crippen molar-refractivity contribution in [3.63, 3.8) is 0 Å². The van der Waals surface area contributed by atoms with Gasteiger partial charge in [-0.1, -0.05) is 18.0 Å².